The van der Waals surface area contributed by atoms with Gasteiger partial charge in [0.1, 0.15) is 6.04 Å². The fourth-order valence-electron chi connectivity index (χ4n) is 1.40. The molecule has 0 bridgehead atoms. The molecule has 1 fully saturated rings. The second-order valence-corrected chi connectivity index (χ2v) is 3.35. The molecule has 1 saturated heterocycles. The number of carbonyl (C=O) groups excluding carboxylic acids is 1. The number of piperidine rings is 1. The predicted molar refractivity (Wildman–Crippen MR) is 54.1 cm³/mol. The summed E-state index contributed by atoms with van der Waals surface area (Å²) < 4.78 is 0. The summed E-state index contributed by atoms with van der Waals surface area (Å²) in [5.41, 5.74) is 5.38. The first-order chi connectivity index (χ1) is 6.15. The number of halogens is 1. The summed E-state index contributed by atoms with van der Waals surface area (Å²) in [6.07, 6.45) is 0.905. The molecule has 0 spiro atoms. The SMILES string of the molecule is Cl.N[C@@H](CO)C(=O)N1CCC(O)CC1. The van der Waals surface area contributed by atoms with Gasteiger partial charge in [0, 0.05) is 13.1 Å². The summed E-state index contributed by atoms with van der Waals surface area (Å²) in [5, 5.41) is 17.9. The molecular formula is C8H17ClN2O3. The minimum absolute atomic E-state index is 0. The van der Waals surface area contributed by atoms with Crippen LogP contribution in [0.1, 0.15) is 12.8 Å². The van der Waals surface area contributed by atoms with Crippen molar-refractivity contribution in [1.29, 1.82) is 0 Å². The third-order valence-corrected chi connectivity index (χ3v) is 2.29. The highest BCUT2D eigenvalue weighted by Crippen LogP contribution is 2.10. The van der Waals surface area contributed by atoms with Crippen molar-refractivity contribution in [1.82, 2.24) is 4.90 Å². The second kappa shape index (κ2) is 6.19. The molecule has 1 rings (SSSR count). The Morgan fingerprint density at radius 1 is 1.50 bits per heavy atom. The van der Waals surface area contributed by atoms with Gasteiger partial charge in [0.15, 0.2) is 0 Å². The maximum Gasteiger partial charge on any atom is 0.241 e. The van der Waals surface area contributed by atoms with Crippen molar-refractivity contribution >= 4 is 18.3 Å². The number of carbonyl (C=O) groups is 1. The molecule has 1 amide bonds. The minimum atomic E-state index is -0.810. The van der Waals surface area contributed by atoms with Gasteiger partial charge < -0.3 is 20.8 Å². The van der Waals surface area contributed by atoms with E-state index in [0.717, 1.165) is 0 Å². The Kier molecular flexibility index (Phi) is 6.03. The van der Waals surface area contributed by atoms with E-state index in [0.29, 0.717) is 25.9 Å². The molecule has 1 aliphatic rings. The summed E-state index contributed by atoms with van der Waals surface area (Å²) in [5.74, 6) is -0.227. The van der Waals surface area contributed by atoms with E-state index in [1.54, 1.807) is 4.90 Å². The summed E-state index contributed by atoms with van der Waals surface area (Å²) >= 11 is 0. The zero-order valence-electron chi connectivity index (χ0n) is 7.93. The normalized spacial score (nSPS) is 20.1. The highest BCUT2D eigenvalue weighted by molar-refractivity contribution is 5.85. The third-order valence-electron chi connectivity index (χ3n) is 2.29. The molecule has 4 N–H and O–H groups in total. The predicted octanol–water partition coefficient (Wildman–Crippen LogP) is -1.29. The van der Waals surface area contributed by atoms with Gasteiger partial charge in [-0.15, -0.1) is 12.4 Å². The number of hydrogen-bond acceptors (Lipinski definition) is 4. The lowest BCUT2D eigenvalue weighted by atomic mass is 10.1. The van der Waals surface area contributed by atoms with Crippen molar-refractivity contribution in [3.63, 3.8) is 0 Å². The standard InChI is InChI=1S/C8H16N2O3.ClH/c9-7(5-11)8(13)10-3-1-6(12)2-4-10;/h6-7,11-12H,1-5,9H2;1H/t7-;/m0./s1. The highest BCUT2D eigenvalue weighted by Gasteiger charge is 2.24. The van der Waals surface area contributed by atoms with Gasteiger partial charge in [-0.1, -0.05) is 0 Å². The van der Waals surface area contributed by atoms with Crippen LogP contribution in [0, 0.1) is 0 Å². The molecule has 1 heterocycles. The van der Waals surface area contributed by atoms with Gasteiger partial charge in [-0.25, -0.2) is 0 Å². The number of rotatable bonds is 2. The van der Waals surface area contributed by atoms with E-state index < -0.39 is 6.04 Å². The van der Waals surface area contributed by atoms with Crippen molar-refractivity contribution in [2.24, 2.45) is 5.73 Å². The first-order valence-electron chi connectivity index (χ1n) is 4.48. The molecule has 0 aromatic carbocycles. The Balaban J connectivity index is 0.00000169. The molecule has 84 valence electrons. The minimum Gasteiger partial charge on any atom is -0.394 e. The van der Waals surface area contributed by atoms with Gasteiger partial charge in [0.2, 0.25) is 5.91 Å². The van der Waals surface area contributed by atoms with Gasteiger partial charge in [-0.2, -0.15) is 0 Å². The third kappa shape index (κ3) is 3.42. The molecular weight excluding hydrogens is 208 g/mol. The Bertz CT molecular complexity index is 183. The molecule has 0 unspecified atom stereocenters. The number of hydrogen-bond donors (Lipinski definition) is 3. The number of nitrogens with zero attached hydrogens (tertiary/aromatic N) is 1. The monoisotopic (exact) mass is 224 g/mol. The van der Waals surface area contributed by atoms with E-state index in [9.17, 15) is 9.90 Å². The number of nitrogens with two attached hydrogens (primary N) is 1. The summed E-state index contributed by atoms with van der Waals surface area (Å²) in [6.45, 7) is 0.749. The van der Waals surface area contributed by atoms with Crippen LogP contribution in [0.2, 0.25) is 0 Å². The average molecular weight is 225 g/mol. The summed E-state index contributed by atoms with van der Waals surface area (Å²) in [6, 6.07) is -0.810. The van der Waals surface area contributed by atoms with Crippen LogP contribution < -0.4 is 5.73 Å². The molecule has 0 aliphatic carbocycles. The average Bonchev–Trinajstić information content (AvgIpc) is 2.17. The van der Waals surface area contributed by atoms with Gasteiger partial charge in [0.25, 0.3) is 0 Å². The number of aliphatic hydroxyl groups excluding tert-OH is 2. The molecule has 14 heavy (non-hydrogen) atoms. The summed E-state index contributed by atoms with van der Waals surface area (Å²) in [7, 11) is 0. The van der Waals surface area contributed by atoms with Crippen LogP contribution in [0.3, 0.4) is 0 Å². The van der Waals surface area contributed by atoms with E-state index in [-0.39, 0.29) is 31.0 Å². The number of likely N-dealkylation sites (tertiary alicyclic amines) is 1. The van der Waals surface area contributed by atoms with Gasteiger partial charge in [-0.3, -0.25) is 4.79 Å². The first-order valence-corrected chi connectivity index (χ1v) is 4.48. The van der Waals surface area contributed by atoms with Crippen molar-refractivity contribution < 1.29 is 15.0 Å². The van der Waals surface area contributed by atoms with Gasteiger partial charge in [0.05, 0.1) is 12.7 Å². The Morgan fingerprint density at radius 2 is 2.00 bits per heavy atom. The topological polar surface area (TPSA) is 86.8 Å². The highest BCUT2D eigenvalue weighted by atomic mass is 35.5. The van der Waals surface area contributed by atoms with Crippen LogP contribution in [0.4, 0.5) is 0 Å². The van der Waals surface area contributed by atoms with Crippen molar-refractivity contribution in [2.75, 3.05) is 19.7 Å². The van der Waals surface area contributed by atoms with E-state index in [4.69, 9.17) is 10.8 Å². The van der Waals surface area contributed by atoms with E-state index in [1.165, 1.54) is 0 Å². The van der Waals surface area contributed by atoms with Gasteiger partial charge >= 0.3 is 0 Å². The Labute approximate surface area is 89.3 Å². The number of aliphatic hydroxyl groups is 2. The van der Waals surface area contributed by atoms with Crippen molar-refractivity contribution in [3.05, 3.63) is 0 Å². The lowest BCUT2D eigenvalue weighted by Crippen LogP contribution is -2.49. The molecule has 1 atom stereocenters. The molecule has 5 nitrogen and oxygen atoms in total. The second-order valence-electron chi connectivity index (χ2n) is 3.35. The largest absolute Gasteiger partial charge is 0.394 e. The van der Waals surface area contributed by atoms with E-state index >= 15 is 0 Å². The molecule has 1 aliphatic heterocycles. The zero-order valence-corrected chi connectivity index (χ0v) is 8.74. The fourth-order valence-corrected chi connectivity index (χ4v) is 1.40. The van der Waals surface area contributed by atoms with Crippen molar-refractivity contribution in [3.8, 4) is 0 Å². The fraction of sp³-hybridized carbons (Fsp3) is 0.875. The molecule has 6 heteroatoms. The quantitative estimate of drug-likeness (QED) is 0.545. The van der Waals surface area contributed by atoms with Crippen LogP contribution >= 0.6 is 12.4 Å². The Morgan fingerprint density at radius 3 is 2.43 bits per heavy atom. The Hall–Kier alpha value is -0.360. The summed E-state index contributed by atoms with van der Waals surface area (Å²) in [4.78, 5) is 13.0. The van der Waals surface area contributed by atoms with Crippen LogP contribution in [0.5, 0.6) is 0 Å². The molecule has 0 aromatic heterocycles. The van der Waals surface area contributed by atoms with Crippen LogP contribution in [-0.2, 0) is 4.79 Å². The lowest BCUT2D eigenvalue weighted by molar-refractivity contribution is -0.135. The maximum absolute atomic E-state index is 11.4. The van der Waals surface area contributed by atoms with E-state index in [1.807, 2.05) is 0 Å². The van der Waals surface area contributed by atoms with E-state index in [2.05, 4.69) is 0 Å². The first kappa shape index (κ1) is 13.6. The maximum atomic E-state index is 11.4. The molecule has 0 saturated carbocycles. The van der Waals surface area contributed by atoms with Crippen LogP contribution in [-0.4, -0.2) is 52.9 Å². The number of amides is 1. The molecule has 0 radical (unpaired) electrons. The smallest absolute Gasteiger partial charge is 0.241 e. The zero-order chi connectivity index (χ0) is 9.84. The lowest BCUT2D eigenvalue weighted by Gasteiger charge is -2.31. The van der Waals surface area contributed by atoms with Crippen LogP contribution in [0.25, 0.3) is 0 Å². The molecule has 0 aromatic rings. The van der Waals surface area contributed by atoms with Gasteiger partial charge in [-0.05, 0) is 12.8 Å². The van der Waals surface area contributed by atoms with Crippen molar-refractivity contribution in [2.45, 2.75) is 25.0 Å². The van der Waals surface area contributed by atoms with Crippen LogP contribution in [0.15, 0.2) is 0 Å².